The number of halogens is 1. The van der Waals surface area contributed by atoms with Crippen LogP contribution in [-0.4, -0.2) is 25.1 Å². The lowest BCUT2D eigenvalue weighted by molar-refractivity contribution is -0.115. The van der Waals surface area contributed by atoms with Gasteiger partial charge < -0.3 is 0 Å². The summed E-state index contributed by atoms with van der Waals surface area (Å²) in [5.74, 6) is -0.123. The first-order valence-corrected chi connectivity index (χ1v) is 12.6. The molecule has 1 fully saturated rings. The van der Waals surface area contributed by atoms with Gasteiger partial charge in [0.25, 0.3) is 10.0 Å². The van der Waals surface area contributed by atoms with Crippen LogP contribution in [-0.2, 0) is 14.8 Å². The van der Waals surface area contributed by atoms with Gasteiger partial charge in [-0.2, -0.15) is 0 Å². The summed E-state index contributed by atoms with van der Waals surface area (Å²) in [6, 6.07) is 21.3. The summed E-state index contributed by atoms with van der Waals surface area (Å²) in [6.45, 7) is 0. The highest BCUT2D eigenvalue weighted by Gasteiger charge is 2.34. The summed E-state index contributed by atoms with van der Waals surface area (Å²) >= 11 is 1.46. The van der Waals surface area contributed by atoms with Crippen LogP contribution in [0.5, 0.6) is 0 Å². The normalized spacial score (nSPS) is 16.3. The molecule has 0 radical (unpaired) electrons. The number of hydrogen-bond donors (Lipinski definition) is 1. The van der Waals surface area contributed by atoms with Gasteiger partial charge in [-0.05, 0) is 54.1 Å². The fraction of sp³-hybridized carbons (Fsp3) is 0.0833. The monoisotopic (exact) mass is 479 g/mol. The molecule has 33 heavy (non-hydrogen) atoms. The minimum Gasteiger partial charge on any atom is -0.295 e. The minimum absolute atomic E-state index is 0.0650. The molecular weight excluding hydrogens is 461 g/mol. The van der Waals surface area contributed by atoms with Crippen LogP contribution in [0.25, 0.3) is 10.9 Å². The molecule has 0 aliphatic carbocycles. The fourth-order valence-corrected chi connectivity index (χ4v) is 6.19. The predicted molar refractivity (Wildman–Crippen MR) is 128 cm³/mol. The minimum atomic E-state index is -3.86. The van der Waals surface area contributed by atoms with Crippen molar-refractivity contribution in [3.63, 3.8) is 0 Å². The molecule has 4 aromatic rings. The molecule has 6 nitrogen and oxygen atoms in total. The van der Waals surface area contributed by atoms with E-state index in [-0.39, 0.29) is 22.0 Å². The van der Waals surface area contributed by atoms with Gasteiger partial charge in [-0.15, -0.1) is 11.8 Å². The van der Waals surface area contributed by atoms with Gasteiger partial charge in [-0.25, -0.2) is 12.8 Å². The van der Waals surface area contributed by atoms with Gasteiger partial charge in [-0.1, -0.05) is 30.3 Å². The number of benzene rings is 3. The highest BCUT2D eigenvalue weighted by atomic mass is 32.2. The van der Waals surface area contributed by atoms with Crippen LogP contribution in [0, 0.1) is 5.82 Å². The number of nitrogens with zero attached hydrogens (tertiary/aromatic N) is 2. The van der Waals surface area contributed by atoms with Crippen molar-refractivity contribution >= 4 is 50.0 Å². The first kappa shape index (κ1) is 21.4. The molecule has 1 N–H and O–H groups in total. The summed E-state index contributed by atoms with van der Waals surface area (Å²) in [6.07, 6.45) is 1.56. The van der Waals surface area contributed by atoms with E-state index in [0.717, 1.165) is 10.9 Å². The van der Waals surface area contributed by atoms with Crippen LogP contribution in [0.3, 0.4) is 0 Å². The number of pyridine rings is 1. The topological polar surface area (TPSA) is 79.4 Å². The molecule has 0 saturated carbocycles. The molecular formula is C24H18FN3O3S2. The Kier molecular flexibility index (Phi) is 5.51. The van der Waals surface area contributed by atoms with Crippen LogP contribution in [0.2, 0.25) is 0 Å². The number of carbonyl (C=O) groups is 1. The second-order valence-electron chi connectivity index (χ2n) is 7.46. The van der Waals surface area contributed by atoms with Crippen LogP contribution in [0.1, 0.15) is 10.9 Å². The zero-order chi connectivity index (χ0) is 23.0. The fourth-order valence-electron chi connectivity index (χ4n) is 3.77. The number of fused-ring (bicyclic) bond motifs is 1. The molecule has 1 aliphatic rings. The second-order valence-corrected chi connectivity index (χ2v) is 10.2. The van der Waals surface area contributed by atoms with E-state index in [4.69, 9.17) is 0 Å². The molecule has 1 atom stereocenters. The lowest BCUT2D eigenvalue weighted by Crippen LogP contribution is -2.27. The Labute approximate surface area is 194 Å². The molecule has 1 aliphatic heterocycles. The van der Waals surface area contributed by atoms with Crippen molar-refractivity contribution in [2.24, 2.45) is 0 Å². The van der Waals surface area contributed by atoms with Crippen molar-refractivity contribution in [2.45, 2.75) is 10.3 Å². The summed E-state index contributed by atoms with van der Waals surface area (Å²) < 4.78 is 42.0. The molecule has 2 heterocycles. The number of carbonyl (C=O) groups excluding carboxylic acids is 1. The number of anilines is 2. The highest BCUT2D eigenvalue weighted by molar-refractivity contribution is 8.00. The third-order valence-corrected chi connectivity index (χ3v) is 7.93. The van der Waals surface area contributed by atoms with E-state index in [0.29, 0.717) is 22.6 Å². The van der Waals surface area contributed by atoms with Crippen LogP contribution in [0.15, 0.2) is 90.0 Å². The number of rotatable bonds is 5. The van der Waals surface area contributed by atoms with E-state index in [9.17, 15) is 17.6 Å². The molecule has 1 amide bonds. The summed E-state index contributed by atoms with van der Waals surface area (Å²) in [5, 5.41) is 0.454. The number of thioether (sulfide) groups is 1. The highest BCUT2D eigenvalue weighted by Crippen LogP contribution is 2.42. The Balaban J connectivity index is 1.40. The Hall–Kier alpha value is -3.43. The average Bonchev–Trinajstić information content (AvgIpc) is 3.21. The number of para-hydroxylation sites is 1. The predicted octanol–water partition coefficient (Wildman–Crippen LogP) is 4.95. The first-order chi connectivity index (χ1) is 15.9. The van der Waals surface area contributed by atoms with Crippen LogP contribution < -0.4 is 9.62 Å². The molecule has 0 spiro atoms. The number of amides is 1. The van der Waals surface area contributed by atoms with E-state index >= 15 is 0 Å². The Bertz CT molecular complexity index is 1440. The van der Waals surface area contributed by atoms with E-state index in [2.05, 4.69) is 9.71 Å². The third-order valence-electron chi connectivity index (χ3n) is 5.31. The van der Waals surface area contributed by atoms with Gasteiger partial charge >= 0.3 is 0 Å². The number of hydrogen-bond acceptors (Lipinski definition) is 5. The molecule has 0 bridgehead atoms. The van der Waals surface area contributed by atoms with Crippen molar-refractivity contribution in [1.82, 2.24) is 4.98 Å². The first-order valence-electron chi connectivity index (χ1n) is 10.1. The van der Waals surface area contributed by atoms with Crippen molar-refractivity contribution in [3.8, 4) is 0 Å². The molecule has 5 rings (SSSR count). The van der Waals surface area contributed by atoms with Gasteiger partial charge in [-0.3, -0.25) is 19.4 Å². The van der Waals surface area contributed by atoms with E-state index < -0.39 is 10.0 Å². The molecule has 1 saturated heterocycles. The summed E-state index contributed by atoms with van der Waals surface area (Å²) in [7, 11) is -3.86. The van der Waals surface area contributed by atoms with E-state index in [1.54, 1.807) is 59.6 Å². The Morgan fingerprint density at radius 2 is 1.70 bits per heavy atom. The molecule has 1 aromatic heterocycles. The largest absolute Gasteiger partial charge is 0.295 e. The summed E-state index contributed by atoms with van der Waals surface area (Å²) in [4.78, 5) is 18.4. The molecule has 3 aromatic carbocycles. The molecule has 9 heteroatoms. The smallest absolute Gasteiger partial charge is 0.264 e. The Morgan fingerprint density at radius 3 is 2.45 bits per heavy atom. The van der Waals surface area contributed by atoms with E-state index in [1.807, 2.05) is 12.1 Å². The van der Waals surface area contributed by atoms with Gasteiger partial charge in [0.1, 0.15) is 16.1 Å². The zero-order valence-electron chi connectivity index (χ0n) is 17.2. The quantitative estimate of drug-likeness (QED) is 0.438. The number of sulfonamides is 1. The maximum atomic E-state index is 13.3. The lowest BCUT2D eigenvalue weighted by atomic mass is 10.1. The maximum Gasteiger partial charge on any atom is 0.264 e. The van der Waals surface area contributed by atoms with Crippen molar-refractivity contribution in [2.75, 3.05) is 15.4 Å². The van der Waals surface area contributed by atoms with Gasteiger partial charge in [0, 0.05) is 23.0 Å². The van der Waals surface area contributed by atoms with Gasteiger partial charge in [0.15, 0.2) is 0 Å². The van der Waals surface area contributed by atoms with Crippen molar-refractivity contribution < 1.29 is 17.6 Å². The lowest BCUT2D eigenvalue weighted by Gasteiger charge is -2.24. The SMILES string of the molecule is O=C1CSC(c2ccc(NS(=O)(=O)c3cccc4cccnc34)cc2)N1c1ccc(F)cc1. The summed E-state index contributed by atoms with van der Waals surface area (Å²) in [5.41, 5.74) is 2.25. The number of nitrogens with one attached hydrogen (secondary N) is 1. The van der Waals surface area contributed by atoms with Crippen molar-refractivity contribution in [1.29, 1.82) is 0 Å². The zero-order valence-corrected chi connectivity index (χ0v) is 18.8. The van der Waals surface area contributed by atoms with Crippen molar-refractivity contribution in [3.05, 3.63) is 96.4 Å². The number of aromatic nitrogens is 1. The Morgan fingerprint density at radius 1 is 0.970 bits per heavy atom. The molecule has 1 unspecified atom stereocenters. The van der Waals surface area contributed by atoms with Crippen LogP contribution >= 0.6 is 11.8 Å². The molecule has 166 valence electrons. The maximum absolute atomic E-state index is 13.3. The van der Waals surface area contributed by atoms with Crippen LogP contribution in [0.4, 0.5) is 15.8 Å². The average molecular weight is 480 g/mol. The van der Waals surface area contributed by atoms with Gasteiger partial charge in [0.05, 0.1) is 11.3 Å². The standard InChI is InChI=1S/C24H18FN3O3S2/c25-18-8-12-20(13-9-18)28-22(29)15-32-24(28)17-6-10-19(11-7-17)27-33(30,31)21-5-1-3-16-4-2-14-26-23(16)21/h1-14,24,27H,15H2. The van der Waals surface area contributed by atoms with Gasteiger partial charge in [0.2, 0.25) is 5.91 Å². The third kappa shape index (κ3) is 4.17. The van der Waals surface area contributed by atoms with E-state index in [1.165, 1.54) is 30.0 Å². The second kappa shape index (κ2) is 8.49.